The minimum atomic E-state index is -3.12. The Labute approximate surface area is 264 Å². The topological polar surface area (TPSA) is 124 Å². The number of aryl methyl sites for hydroxylation is 1. The molecule has 0 atom stereocenters. The molecule has 0 bridgehead atoms. The fourth-order valence-electron chi connectivity index (χ4n) is 5.47. The Morgan fingerprint density at radius 1 is 0.978 bits per heavy atom. The predicted octanol–water partition coefficient (Wildman–Crippen LogP) is 5.56. The number of benzene rings is 2. The number of rotatable bonds is 11. The Kier molecular flexibility index (Phi) is 9.62. The lowest BCUT2D eigenvalue weighted by Gasteiger charge is -2.37. The van der Waals surface area contributed by atoms with Crippen LogP contribution in [0.3, 0.4) is 0 Å². The zero-order valence-corrected chi connectivity index (χ0v) is 27.1. The van der Waals surface area contributed by atoms with E-state index in [2.05, 4.69) is 9.55 Å². The van der Waals surface area contributed by atoms with Gasteiger partial charge in [0, 0.05) is 25.0 Å². The number of nitrogens with zero attached hydrogens (tertiary/aromatic N) is 5. The molecule has 45 heavy (non-hydrogen) atoms. The van der Waals surface area contributed by atoms with E-state index in [9.17, 15) is 18.0 Å². The van der Waals surface area contributed by atoms with Crippen LogP contribution in [-0.4, -0.2) is 81.2 Å². The molecule has 0 spiro atoms. The summed E-state index contributed by atoms with van der Waals surface area (Å²) < 4.78 is 37.2. The van der Waals surface area contributed by atoms with Gasteiger partial charge in [-0.3, -0.25) is 4.98 Å². The highest BCUT2D eigenvalue weighted by molar-refractivity contribution is 7.92. The summed E-state index contributed by atoms with van der Waals surface area (Å²) in [6, 6.07) is 17.0. The van der Waals surface area contributed by atoms with E-state index in [0.29, 0.717) is 38.3 Å². The van der Waals surface area contributed by atoms with Gasteiger partial charge >= 0.3 is 12.2 Å². The van der Waals surface area contributed by atoms with Crippen molar-refractivity contribution in [2.75, 3.05) is 24.6 Å². The predicted molar refractivity (Wildman–Crippen MR) is 172 cm³/mol. The van der Waals surface area contributed by atoms with Crippen molar-refractivity contribution in [1.29, 1.82) is 0 Å². The molecule has 0 saturated carbocycles. The van der Waals surface area contributed by atoms with E-state index in [4.69, 9.17) is 14.5 Å². The third-order valence-corrected chi connectivity index (χ3v) is 9.51. The van der Waals surface area contributed by atoms with E-state index in [0.717, 1.165) is 27.5 Å². The fourth-order valence-corrected chi connectivity index (χ4v) is 6.91. The molecule has 0 unspecified atom stereocenters. The summed E-state index contributed by atoms with van der Waals surface area (Å²) in [4.78, 5) is 38.8. The van der Waals surface area contributed by atoms with E-state index >= 15 is 0 Å². The summed E-state index contributed by atoms with van der Waals surface area (Å²) in [6.45, 7) is 9.08. The van der Waals surface area contributed by atoms with Crippen LogP contribution in [0.5, 0.6) is 0 Å². The number of unbranched alkanes of at least 4 members (excludes halogenated alkanes) is 1. The molecule has 11 nitrogen and oxygen atoms in total. The molecule has 2 aromatic carbocycles. The third-order valence-electron chi connectivity index (χ3n) is 7.73. The largest absolute Gasteiger partial charge is 0.445 e. The zero-order valence-electron chi connectivity index (χ0n) is 26.3. The first-order valence-corrected chi connectivity index (χ1v) is 17.1. The van der Waals surface area contributed by atoms with Crippen LogP contribution in [0.1, 0.15) is 51.9 Å². The van der Waals surface area contributed by atoms with Gasteiger partial charge in [-0.2, -0.15) is 0 Å². The van der Waals surface area contributed by atoms with Crippen molar-refractivity contribution in [3.63, 3.8) is 0 Å². The lowest BCUT2D eigenvalue weighted by molar-refractivity contribution is 0.0181. The number of amides is 2. The van der Waals surface area contributed by atoms with Crippen molar-refractivity contribution < 1.29 is 27.5 Å². The minimum Gasteiger partial charge on any atom is -0.445 e. The van der Waals surface area contributed by atoms with E-state index < -0.39 is 27.6 Å². The van der Waals surface area contributed by atoms with Crippen LogP contribution < -0.4 is 0 Å². The molecule has 12 heteroatoms. The summed E-state index contributed by atoms with van der Waals surface area (Å²) in [7, 11) is -3.12. The summed E-state index contributed by atoms with van der Waals surface area (Å²) >= 11 is 0. The molecule has 3 heterocycles. The molecular weight excluding hydrogens is 594 g/mol. The van der Waals surface area contributed by atoms with Gasteiger partial charge in [-0.05, 0) is 52.2 Å². The van der Waals surface area contributed by atoms with Crippen LogP contribution in [0.25, 0.3) is 21.9 Å². The Balaban J connectivity index is 1.34. The highest BCUT2D eigenvalue weighted by Crippen LogP contribution is 2.27. The highest BCUT2D eigenvalue weighted by Gasteiger charge is 2.41. The molecule has 240 valence electrons. The van der Waals surface area contributed by atoms with Crippen molar-refractivity contribution in [3.8, 4) is 0 Å². The average molecular weight is 636 g/mol. The minimum absolute atomic E-state index is 0.0469. The summed E-state index contributed by atoms with van der Waals surface area (Å²) in [5, 5.41) is 0.957. The van der Waals surface area contributed by atoms with Crippen molar-refractivity contribution in [3.05, 3.63) is 72.2 Å². The number of sulfone groups is 1. The molecule has 0 aliphatic carbocycles. The Hall–Kier alpha value is -4.19. The van der Waals surface area contributed by atoms with Crippen LogP contribution in [0.2, 0.25) is 0 Å². The first-order chi connectivity index (χ1) is 21.4. The summed E-state index contributed by atoms with van der Waals surface area (Å²) in [5.74, 6) is 0.611. The van der Waals surface area contributed by atoms with Gasteiger partial charge in [0.05, 0.1) is 41.3 Å². The summed E-state index contributed by atoms with van der Waals surface area (Å²) in [5.41, 5.74) is 2.72. The van der Waals surface area contributed by atoms with Gasteiger partial charge in [-0.15, -0.1) is 0 Å². The second kappa shape index (κ2) is 13.4. The van der Waals surface area contributed by atoms with Crippen LogP contribution in [0.4, 0.5) is 9.59 Å². The maximum atomic E-state index is 13.1. The number of imidazole rings is 1. The molecule has 5 rings (SSSR count). The highest BCUT2D eigenvalue weighted by atomic mass is 32.2. The van der Waals surface area contributed by atoms with Crippen LogP contribution in [-0.2, 0) is 39.0 Å². The van der Waals surface area contributed by atoms with Crippen molar-refractivity contribution in [2.24, 2.45) is 0 Å². The normalized spacial score (nSPS) is 14.7. The van der Waals surface area contributed by atoms with E-state index in [-0.39, 0.29) is 30.7 Å². The maximum Gasteiger partial charge on any atom is 0.410 e. The standard InChI is InChI=1S/C33H41N5O6S/c1-5-36(31(39)43-21-24-13-7-6-8-14-24)20-29-35-28-19-34-27-16-10-9-15-26(27)30(28)38(29)18-12-11-17-37(25-22-45(41,42)23-25)32(40)44-33(2,3)4/h6-10,13-16,19,25H,5,11-12,17-18,20-23H2,1-4H3. The summed E-state index contributed by atoms with van der Waals surface area (Å²) in [6.07, 6.45) is 2.13. The first-order valence-electron chi connectivity index (χ1n) is 15.3. The van der Waals surface area contributed by atoms with Gasteiger partial charge in [0.2, 0.25) is 0 Å². The average Bonchev–Trinajstić information content (AvgIpc) is 3.34. The Morgan fingerprint density at radius 3 is 2.38 bits per heavy atom. The van der Waals surface area contributed by atoms with Gasteiger partial charge in [0.1, 0.15) is 23.5 Å². The maximum absolute atomic E-state index is 13.1. The number of fused-ring (bicyclic) bond motifs is 3. The van der Waals surface area contributed by atoms with E-state index in [1.807, 2.05) is 61.5 Å². The molecule has 2 aromatic heterocycles. The Bertz CT molecular complexity index is 1750. The number of aromatic nitrogens is 3. The first kappa shape index (κ1) is 32.2. The van der Waals surface area contributed by atoms with Crippen LogP contribution in [0, 0.1) is 0 Å². The van der Waals surface area contributed by atoms with Crippen LogP contribution in [0.15, 0.2) is 60.8 Å². The smallest absolute Gasteiger partial charge is 0.410 e. The molecule has 0 N–H and O–H groups in total. The number of hydrogen-bond acceptors (Lipinski definition) is 8. The number of carbonyl (C=O) groups excluding carboxylic acids is 2. The zero-order chi connectivity index (χ0) is 32.2. The van der Waals surface area contributed by atoms with E-state index in [1.54, 1.807) is 36.8 Å². The Morgan fingerprint density at radius 2 is 1.69 bits per heavy atom. The monoisotopic (exact) mass is 635 g/mol. The number of para-hydroxylation sites is 1. The number of hydrogen-bond donors (Lipinski definition) is 0. The van der Waals surface area contributed by atoms with Gasteiger partial charge in [0.25, 0.3) is 0 Å². The number of pyridine rings is 1. The van der Waals surface area contributed by atoms with Crippen LogP contribution >= 0.6 is 0 Å². The quantitative estimate of drug-likeness (QED) is 0.196. The van der Waals surface area contributed by atoms with Gasteiger partial charge in [0.15, 0.2) is 9.84 Å². The fraction of sp³-hybridized carbons (Fsp3) is 0.455. The molecule has 2 amide bonds. The van der Waals surface area contributed by atoms with Gasteiger partial charge < -0.3 is 23.8 Å². The molecule has 0 radical (unpaired) electrons. The van der Waals surface area contributed by atoms with Crippen molar-refractivity contribution in [2.45, 2.75) is 71.9 Å². The van der Waals surface area contributed by atoms with E-state index in [1.165, 1.54) is 0 Å². The molecule has 1 aliphatic heterocycles. The van der Waals surface area contributed by atoms with Crippen molar-refractivity contribution in [1.82, 2.24) is 24.3 Å². The molecule has 4 aromatic rings. The number of ether oxygens (including phenoxy) is 2. The second-order valence-corrected chi connectivity index (χ2v) is 14.5. The molecular formula is C33H41N5O6S. The molecule has 1 aliphatic rings. The lowest BCUT2D eigenvalue weighted by atomic mass is 10.2. The van der Waals surface area contributed by atoms with Gasteiger partial charge in [-0.1, -0.05) is 48.5 Å². The SMILES string of the molecule is CCN(Cc1nc2cnc3ccccc3c2n1CCCCN(C(=O)OC(C)(C)C)C1CS(=O)(=O)C1)C(=O)OCc1ccccc1. The van der Waals surface area contributed by atoms with Gasteiger partial charge in [-0.25, -0.2) is 23.0 Å². The molecule has 1 fully saturated rings. The third kappa shape index (κ3) is 7.91. The second-order valence-electron chi connectivity index (χ2n) is 12.4. The lowest BCUT2D eigenvalue weighted by Crippen LogP contribution is -2.56. The van der Waals surface area contributed by atoms with Crippen molar-refractivity contribution >= 4 is 44.0 Å². The molecule has 1 saturated heterocycles. The number of carbonyl (C=O) groups is 2.